The molecule has 1 fully saturated rings. The molecule has 1 aromatic carbocycles. The fourth-order valence-electron chi connectivity index (χ4n) is 2.27. The van der Waals surface area contributed by atoms with E-state index in [2.05, 4.69) is 0 Å². The highest BCUT2D eigenvalue weighted by molar-refractivity contribution is 6.62. The maximum absolute atomic E-state index is 11.2. The molecule has 1 aliphatic rings. The van der Waals surface area contributed by atoms with Crippen LogP contribution in [-0.2, 0) is 25.3 Å². The van der Waals surface area contributed by atoms with Gasteiger partial charge in [0.05, 0.1) is 17.8 Å². The highest BCUT2D eigenvalue weighted by Crippen LogP contribution is 2.36. The van der Waals surface area contributed by atoms with Gasteiger partial charge in [-0.25, -0.2) is 4.79 Å². The average Bonchev–Trinajstić information content (AvgIpc) is 2.68. The molecule has 23 heavy (non-hydrogen) atoms. The molecule has 0 unspecified atom stereocenters. The van der Waals surface area contributed by atoms with Crippen LogP contribution in [0.4, 0.5) is 0 Å². The van der Waals surface area contributed by atoms with Gasteiger partial charge in [-0.2, -0.15) is 0 Å². The zero-order chi connectivity index (χ0) is 17.1. The highest BCUT2D eigenvalue weighted by atomic mass is 16.7. The second kappa shape index (κ2) is 6.89. The van der Waals surface area contributed by atoms with Gasteiger partial charge in [-0.1, -0.05) is 30.3 Å². The van der Waals surface area contributed by atoms with Crippen molar-refractivity contribution in [3.8, 4) is 0 Å². The number of hydrogen-bond acceptors (Lipinski definition) is 4. The molecule has 0 spiro atoms. The van der Waals surface area contributed by atoms with Crippen molar-refractivity contribution < 1.29 is 18.8 Å². The van der Waals surface area contributed by atoms with Gasteiger partial charge in [-0.05, 0) is 52.1 Å². The minimum absolute atomic E-state index is 0.304. The third kappa shape index (κ3) is 4.24. The van der Waals surface area contributed by atoms with Crippen molar-refractivity contribution in [2.75, 3.05) is 6.61 Å². The zero-order valence-corrected chi connectivity index (χ0v) is 14.6. The molecule has 0 aliphatic carbocycles. The van der Waals surface area contributed by atoms with Crippen molar-refractivity contribution in [2.45, 2.75) is 52.2 Å². The lowest BCUT2D eigenvalue weighted by atomic mass is 9.79. The van der Waals surface area contributed by atoms with Crippen LogP contribution in [0.1, 0.15) is 40.2 Å². The van der Waals surface area contributed by atoms with E-state index in [9.17, 15) is 4.79 Å². The Morgan fingerprint density at radius 3 is 2.22 bits per heavy atom. The third-order valence-corrected chi connectivity index (χ3v) is 4.40. The molecular weight excluding hydrogens is 291 g/mol. The van der Waals surface area contributed by atoms with Gasteiger partial charge in [-0.15, -0.1) is 0 Å². The first-order valence-electron chi connectivity index (χ1n) is 8.03. The summed E-state index contributed by atoms with van der Waals surface area (Å²) in [5.41, 5.74) is 1.45. The summed E-state index contributed by atoms with van der Waals surface area (Å²) in [6, 6.07) is 8.07. The van der Waals surface area contributed by atoms with E-state index >= 15 is 0 Å². The Morgan fingerprint density at radius 2 is 1.70 bits per heavy atom. The number of esters is 1. The smallest absolute Gasteiger partial charge is 0.463 e. The Labute approximate surface area is 139 Å². The summed E-state index contributed by atoms with van der Waals surface area (Å²) in [4.78, 5) is 11.2. The molecule has 124 valence electrons. The van der Waals surface area contributed by atoms with Gasteiger partial charge in [0.25, 0.3) is 0 Å². The van der Waals surface area contributed by atoms with E-state index in [-0.39, 0.29) is 24.3 Å². The molecule has 1 saturated heterocycles. The van der Waals surface area contributed by atoms with Crippen molar-refractivity contribution >= 4 is 18.6 Å². The molecule has 5 heteroatoms. The number of carbonyl (C=O) groups is 1. The van der Waals surface area contributed by atoms with Crippen molar-refractivity contribution in [1.82, 2.24) is 0 Å². The summed E-state index contributed by atoms with van der Waals surface area (Å²) in [5.74, 6) is -0.304. The molecule has 1 aliphatic heterocycles. The summed E-state index contributed by atoms with van der Waals surface area (Å²) >= 11 is 0. The standard InChI is InChI=1S/C18H25BO4/c1-6-21-16(20)9-7-8-14-10-12-15(13-11-14)19-22-17(2,3)18(4,5)23-19/h7,9-13H,6,8H2,1-5H3/b9-7+. The monoisotopic (exact) mass is 316 g/mol. The van der Waals surface area contributed by atoms with Crippen molar-refractivity contribution in [3.63, 3.8) is 0 Å². The van der Waals surface area contributed by atoms with E-state index in [0.717, 1.165) is 11.0 Å². The highest BCUT2D eigenvalue weighted by Gasteiger charge is 2.51. The van der Waals surface area contributed by atoms with Crippen molar-refractivity contribution in [2.24, 2.45) is 0 Å². The number of rotatable bonds is 5. The number of carbonyl (C=O) groups excluding carboxylic acids is 1. The summed E-state index contributed by atoms with van der Waals surface area (Å²) < 4.78 is 16.9. The Balaban J connectivity index is 1.97. The SMILES string of the molecule is CCOC(=O)/C=C/Cc1ccc(B2OC(C)(C)C(C)(C)O2)cc1. The fourth-order valence-corrected chi connectivity index (χ4v) is 2.27. The van der Waals surface area contributed by atoms with Crippen LogP contribution in [0.2, 0.25) is 0 Å². The molecule has 0 bridgehead atoms. The van der Waals surface area contributed by atoms with Crippen molar-refractivity contribution in [3.05, 3.63) is 42.0 Å². The van der Waals surface area contributed by atoms with Gasteiger partial charge >= 0.3 is 13.1 Å². The van der Waals surface area contributed by atoms with Crippen LogP contribution in [0.15, 0.2) is 36.4 Å². The molecule has 0 atom stereocenters. The molecule has 0 aromatic heterocycles. The lowest BCUT2D eigenvalue weighted by molar-refractivity contribution is -0.137. The topological polar surface area (TPSA) is 44.8 Å². The number of ether oxygens (including phenoxy) is 1. The van der Waals surface area contributed by atoms with E-state index in [1.165, 1.54) is 6.08 Å². The van der Waals surface area contributed by atoms with Crippen LogP contribution in [0.3, 0.4) is 0 Å². The number of benzene rings is 1. The van der Waals surface area contributed by atoms with Gasteiger partial charge in [0.15, 0.2) is 0 Å². The van der Waals surface area contributed by atoms with Crippen molar-refractivity contribution in [1.29, 1.82) is 0 Å². The minimum atomic E-state index is -0.343. The summed E-state index contributed by atoms with van der Waals surface area (Å²) in [6.45, 7) is 10.4. The maximum atomic E-state index is 11.2. The van der Waals surface area contributed by atoms with E-state index in [4.69, 9.17) is 14.0 Å². The largest absolute Gasteiger partial charge is 0.494 e. The van der Waals surface area contributed by atoms with Gasteiger partial charge in [-0.3, -0.25) is 0 Å². The molecule has 4 nitrogen and oxygen atoms in total. The number of hydrogen-bond donors (Lipinski definition) is 0. The quantitative estimate of drug-likeness (QED) is 0.476. The van der Waals surface area contributed by atoms with Gasteiger partial charge in [0, 0.05) is 6.08 Å². The molecule has 1 aromatic rings. The summed E-state index contributed by atoms with van der Waals surface area (Å²) in [6.07, 6.45) is 3.95. The first-order valence-corrected chi connectivity index (χ1v) is 8.03. The third-order valence-electron chi connectivity index (χ3n) is 4.40. The van der Waals surface area contributed by atoms with E-state index in [0.29, 0.717) is 13.0 Å². The fraction of sp³-hybridized carbons (Fsp3) is 0.500. The van der Waals surface area contributed by atoms with Gasteiger partial charge in [0.1, 0.15) is 0 Å². The maximum Gasteiger partial charge on any atom is 0.494 e. The first kappa shape index (κ1) is 17.8. The van der Waals surface area contributed by atoms with Crippen LogP contribution in [0, 0.1) is 0 Å². The van der Waals surface area contributed by atoms with E-state index in [1.807, 2.05) is 58.0 Å². The minimum Gasteiger partial charge on any atom is -0.463 e. The van der Waals surface area contributed by atoms with E-state index in [1.54, 1.807) is 6.92 Å². The molecule has 2 rings (SSSR count). The Morgan fingerprint density at radius 1 is 1.13 bits per heavy atom. The zero-order valence-electron chi connectivity index (χ0n) is 14.6. The Bertz CT molecular complexity index is 559. The predicted molar refractivity (Wildman–Crippen MR) is 91.6 cm³/mol. The summed E-state index contributed by atoms with van der Waals surface area (Å²) in [7, 11) is -0.343. The lowest BCUT2D eigenvalue weighted by Crippen LogP contribution is -2.41. The molecule has 1 heterocycles. The predicted octanol–water partition coefficient (Wildman–Crippen LogP) is 2.65. The second-order valence-electron chi connectivity index (χ2n) is 6.69. The van der Waals surface area contributed by atoms with Crippen LogP contribution in [0.25, 0.3) is 0 Å². The average molecular weight is 316 g/mol. The van der Waals surface area contributed by atoms with Crippen LogP contribution in [-0.4, -0.2) is 30.9 Å². The van der Waals surface area contributed by atoms with Crippen LogP contribution < -0.4 is 5.46 Å². The second-order valence-corrected chi connectivity index (χ2v) is 6.69. The van der Waals surface area contributed by atoms with Crippen LogP contribution in [0.5, 0.6) is 0 Å². The van der Waals surface area contributed by atoms with Gasteiger partial charge in [0.2, 0.25) is 0 Å². The molecule has 0 radical (unpaired) electrons. The summed E-state index contributed by atoms with van der Waals surface area (Å²) in [5, 5.41) is 0. The Hall–Kier alpha value is -1.59. The van der Waals surface area contributed by atoms with E-state index < -0.39 is 0 Å². The first-order chi connectivity index (χ1) is 10.7. The molecule has 0 N–H and O–H groups in total. The Kier molecular flexibility index (Phi) is 5.32. The number of allylic oxidation sites excluding steroid dienone is 1. The lowest BCUT2D eigenvalue weighted by Gasteiger charge is -2.32. The van der Waals surface area contributed by atoms with Gasteiger partial charge < -0.3 is 14.0 Å². The molecular formula is C18H25BO4. The van der Waals surface area contributed by atoms with Crippen LogP contribution >= 0.6 is 0 Å². The molecule has 0 saturated carbocycles. The molecule has 0 amide bonds. The normalized spacial score (nSPS) is 19.3.